The first-order chi connectivity index (χ1) is 12.2. The van der Waals surface area contributed by atoms with Crippen LogP contribution in [-0.2, 0) is 17.1 Å². The minimum Gasteiger partial charge on any atom is -0.488 e. The van der Waals surface area contributed by atoms with E-state index in [1.165, 1.54) is 17.8 Å². The molecule has 0 spiro atoms. The van der Waals surface area contributed by atoms with E-state index in [2.05, 4.69) is 10.0 Å². The van der Waals surface area contributed by atoms with Crippen molar-refractivity contribution in [2.45, 2.75) is 61.9 Å². The smallest absolute Gasteiger partial charge is 0.272 e. The number of nitrogens with zero attached hydrogens (tertiary/aromatic N) is 1. The van der Waals surface area contributed by atoms with Crippen LogP contribution in [0, 0.1) is 0 Å². The molecular formula is C16H23F2N3O4S. The predicted molar refractivity (Wildman–Crippen MR) is 90.2 cm³/mol. The highest BCUT2D eigenvalue weighted by atomic mass is 32.2. The molecule has 0 bridgehead atoms. The van der Waals surface area contributed by atoms with E-state index >= 15 is 0 Å². The zero-order chi connectivity index (χ0) is 19.1. The van der Waals surface area contributed by atoms with Crippen molar-refractivity contribution in [3.05, 3.63) is 11.9 Å². The molecule has 1 aliphatic heterocycles. The first kappa shape index (κ1) is 19.1. The van der Waals surface area contributed by atoms with Gasteiger partial charge >= 0.3 is 0 Å². The zero-order valence-corrected chi connectivity index (χ0v) is 15.5. The molecule has 0 aromatic carbocycles. The van der Waals surface area contributed by atoms with Crippen LogP contribution >= 0.6 is 0 Å². The van der Waals surface area contributed by atoms with Crippen LogP contribution in [0.5, 0.6) is 5.75 Å². The number of amides is 1. The summed E-state index contributed by atoms with van der Waals surface area (Å²) in [6, 6.07) is -0.889. The Morgan fingerprint density at radius 1 is 1.38 bits per heavy atom. The number of hydrogen-bond acceptors (Lipinski definition) is 4. The van der Waals surface area contributed by atoms with E-state index in [9.17, 15) is 22.0 Å². The summed E-state index contributed by atoms with van der Waals surface area (Å²) in [6.45, 7) is 1.93. The van der Waals surface area contributed by atoms with Gasteiger partial charge in [-0.15, -0.1) is 0 Å². The summed E-state index contributed by atoms with van der Waals surface area (Å²) in [5, 5.41) is 2.67. The highest BCUT2D eigenvalue weighted by Gasteiger charge is 2.36. The SMILES string of the molecule is CC[C@@H]1COc2c(cn(C)c2C(=O)NC2CCC(F)C(F)C2)S(=O)(=O)N1. The maximum absolute atomic E-state index is 13.6. The molecule has 1 fully saturated rings. The molecule has 4 atom stereocenters. The van der Waals surface area contributed by atoms with Crippen molar-refractivity contribution in [1.29, 1.82) is 0 Å². The second-order valence-electron chi connectivity index (χ2n) is 6.83. The van der Waals surface area contributed by atoms with Gasteiger partial charge in [0.1, 0.15) is 23.8 Å². The number of hydrogen-bond donors (Lipinski definition) is 2. The molecule has 2 aliphatic rings. The number of carbonyl (C=O) groups excluding carboxylic acids is 1. The van der Waals surface area contributed by atoms with Crippen molar-refractivity contribution >= 4 is 15.9 Å². The summed E-state index contributed by atoms with van der Waals surface area (Å²) in [6.07, 6.45) is -0.963. The number of fused-ring (bicyclic) bond motifs is 1. The van der Waals surface area contributed by atoms with Crippen molar-refractivity contribution in [2.75, 3.05) is 6.61 Å². The van der Waals surface area contributed by atoms with Crippen LogP contribution in [0.15, 0.2) is 11.1 Å². The summed E-state index contributed by atoms with van der Waals surface area (Å²) >= 11 is 0. The molecule has 7 nitrogen and oxygen atoms in total. The van der Waals surface area contributed by atoms with Gasteiger partial charge in [-0.3, -0.25) is 4.79 Å². The fourth-order valence-corrected chi connectivity index (χ4v) is 4.83. The van der Waals surface area contributed by atoms with Crippen molar-refractivity contribution < 1.29 is 26.7 Å². The van der Waals surface area contributed by atoms with E-state index in [-0.39, 0.29) is 41.8 Å². The predicted octanol–water partition coefficient (Wildman–Crippen LogP) is 1.43. The summed E-state index contributed by atoms with van der Waals surface area (Å²) in [5.74, 6) is -0.571. The number of rotatable bonds is 3. The number of alkyl halides is 2. The van der Waals surface area contributed by atoms with Crippen molar-refractivity contribution in [3.8, 4) is 5.75 Å². The minimum absolute atomic E-state index is 0.00979. The van der Waals surface area contributed by atoms with Crippen molar-refractivity contribution in [1.82, 2.24) is 14.6 Å². The first-order valence-electron chi connectivity index (χ1n) is 8.66. The second-order valence-corrected chi connectivity index (χ2v) is 8.52. The molecule has 0 radical (unpaired) electrons. The third-order valence-corrected chi connectivity index (χ3v) is 6.39. The Balaban J connectivity index is 1.85. The molecule has 1 aromatic rings. The molecule has 2 N–H and O–H groups in total. The summed E-state index contributed by atoms with van der Waals surface area (Å²) < 4.78 is 61.4. The van der Waals surface area contributed by atoms with E-state index in [4.69, 9.17) is 4.74 Å². The third-order valence-electron chi connectivity index (χ3n) is 4.88. The number of halogens is 2. The van der Waals surface area contributed by atoms with Gasteiger partial charge in [-0.2, -0.15) is 0 Å². The van der Waals surface area contributed by atoms with Gasteiger partial charge in [-0.1, -0.05) is 6.92 Å². The lowest BCUT2D eigenvalue weighted by Crippen LogP contribution is -2.42. The average molecular weight is 391 g/mol. The number of ether oxygens (including phenoxy) is 1. The van der Waals surface area contributed by atoms with Crippen LogP contribution in [0.1, 0.15) is 43.1 Å². The van der Waals surface area contributed by atoms with Gasteiger partial charge in [0.05, 0.1) is 6.04 Å². The van der Waals surface area contributed by atoms with E-state index < -0.39 is 34.3 Å². The molecule has 1 amide bonds. The molecule has 146 valence electrons. The van der Waals surface area contributed by atoms with Gasteiger partial charge in [0.15, 0.2) is 11.4 Å². The van der Waals surface area contributed by atoms with Gasteiger partial charge in [0.2, 0.25) is 10.0 Å². The Bertz CT molecular complexity index is 796. The monoisotopic (exact) mass is 391 g/mol. The molecule has 2 heterocycles. The fourth-order valence-electron chi connectivity index (χ4n) is 3.34. The number of sulfonamides is 1. The first-order valence-corrected chi connectivity index (χ1v) is 10.1. The molecule has 3 unspecified atom stereocenters. The van der Waals surface area contributed by atoms with E-state index in [0.29, 0.717) is 12.8 Å². The van der Waals surface area contributed by atoms with Gasteiger partial charge in [0, 0.05) is 25.7 Å². The molecule has 1 aromatic heterocycles. The molecule has 26 heavy (non-hydrogen) atoms. The lowest BCUT2D eigenvalue weighted by Gasteiger charge is -2.28. The van der Waals surface area contributed by atoms with Crippen molar-refractivity contribution in [2.24, 2.45) is 7.05 Å². The van der Waals surface area contributed by atoms with Crippen LogP contribution in [0.4, 0.5) is 8.78 Å². The standard InChI is InChI=1S/C16H23F2N3O4S/c1-3-9-8-25-15-13(26(23,24)20-9)7-21(2)14(15)16(22)19-10-4-5-11(17)12(18)6-10/h7,9-12,20H,3-6,8H2,1-2H3,(H,19,22)/t9-,10?,11?,12?/m1/s1. The minimum atomic E-state index is -3.81. The van der Waals surface area contributed by atoms with Crippen LogP contribution < -0.4 is 14.8 Å². The Morgan fingerprint density at radius 3 is 2.77 bits per heavy atom. The summed E-state index contributed by atoms with van der Waals surface area (Å²) in [5.41, 5.74) is 0.0555. The van der Waals surface area contributed by atoms with Gasteiger partial charge < -0.3 is 14.6 Å². The van der Waals surface area contributed by atoms with Crippen LogP contribution in [0.25, 0.3) is 0 Å². The number of carbonyl (C=O) groups is 1. The van der Waals surface area contributed by atoms with Gasteiger partial charge in [-0.25, -0.2) is 21.9 Å². The number of aromatic nitrogens is 1. The van der Waals surface area contributed by atoms with Crippen LogP contribution in [0.2, 0.25) is 0 Å². The number of aryl methyl sites for hydroxylation is 1. The Labute approximate surface area is 151 Å². The Morgan fingerprint density at radius 2 is 2.12 bits per heavy atom. The van der Waals surface area contributed by atoms with Crippen molar-refractivity contribution in [3.63, 3.8) is 0 Å². The highest BCUT2D eigenvalue weighted by Crippen LogP contribution is 2.33. The van der Waals surface area contributed by atoms with Crippen LogP contribution in [0.3, 0.4) is 0 Å². The molecular weight excluding hydrogens is 368 g/mol. The lowest BCUT2D eigenvalue weighted by molar-refractivity contribution is 0.0801. The zero-order valence-electron chi connectivity index (χ0n) is 14.7. The molecule has 1 aliphatic carbocycles. The maximum atomic E-state index is 13.6. The molecule has 3 rings (SSSR count). The molecule has 0 saturated heterocycles. The van der Waals surface area contributed by atoms with Gasteiger partial charge in [0.25, 0.3) is 5.91 Å². The van der Waals surface area contributed by atoms with E-state index in [1.54, 1.807) is 0 Å². The molecule has 1 saturated carbocycles. The van der Waals surface area contributed by atoms with E-state index in [1.807, 2.05) is 6.92 Å². The maximum Gasteiger partial charge on any atom is 0.272 e. The Hall–Kier alpha value is -1.68. The molecule has 10 heteroatoms. The van der Waals surface area contributed by atoms with E-state index in [0.717, 1.165) is 0 Å². The fraction of sp³-hybridized carbons (Fsp3) is 0.688. The highest BCUT2D eigenvalue weighted by molar-refractivity contribution is 7.89. The topological polar surface area (TPSA) is 89.4 Å². The average Bonchev–Trinajstić information content (AvgIpc) is 2.86. The summed E-state index contributed by atoms with van der Waals surface area (Å²) in [4.78, 5) is 12.6. The third kappa shape index (κ3) is 3.57. The second kappa shape index (κ2) is 7.15. The lowest BCUT2D eigenvalue weighted by atomic mass is 9.92. The van der Waals surface area contributed by atoms with Crippen LogP contribution in [-0.4, -0.2) is 49.9 Å². The quantitative estimate of drug-likeness (QED) is 0.816. The summed E-state index contributed by atoms with van der Waals surface area (Å²) in [7, 11) is -2.27. The van der Waals surface area contributed by atoms with Gasteiger partial charge in [-0.05, 0) is 19.3 Å². The largest absolute Gasteiger partial charge is 0.488 e. The Kier molecular flexibility index (Phi) is 5.25. The normalized spacial score (nSPS) is 30.8. The number of nitrogens with one attached hydrogen (secondary N) is 2.